The van der Waals surface area contributed by atoms with E-state index in [9.17, 15) is 43.5 Å². The number of alkyl halides is 2. The van der Waals surface area contributed by atoms with Gasteiger partial charge < -0.3 is 67.8 Å². The van der Waals surface area contributed by atoms with Crippen LogP contribution in [0, 0.1) is 23.7 Å². The lowest BCUT2D eigenvalue weighted by Gasteiger charge is -2.30. The van der Waals surface area contributed by atoms with Crippen LogP contribution in [0.1, 0.15) is 129 Å². The zero-order valence-corrected chi connectivity index (χ0v) is 74.5. The van der Waals surface area contributed by atoms with Crippen LogP contribution >= 0.6 is 36.4 Å². The molecule has 3 saturated heterocycles. The molecule has 7 amide bonds. The monoisotopic (exact) mass is 1860 g/mol. The Morgan fingerprint density at radius 1 is 0.554 bits per heavy atom. The van der Waals surface area contributed by atoms with Gasteiger partial charge in [-0.2, -0.15) is 4.98 Å². The number of esters is 1. The summed E-state index contributed by atoms with van der Waals surface area (Å²) in [6, 6.07) is 40.6. The van der Waals surface area contributed by atoms with Crippen LogP contribution in [0.5, 0.6) is 5.88 Å². The van der Waals surface area contributed by atoms with Crippen molar-refractivity contribution in [2.24, 2.45) is 35.1 Å². The number of rotatable bonds is 35. The number of carbonyl (C=O) groups is 8. The number of anilines is 2. The standard InChI is InChI=1S/C89H98F2N16O19P2S2/c1-48(2)63(37-71(110)119-38-64-59-20-9-5-16-55(59)56-17-6-10-21-60(56)64)83(112)104-66(24-14-34-96-88(94)115)67(108)35-50-25-27-51(28-26-50)42-129-127(117)121-40-69-77(72(90)85(123-69)106-46-101-75-79(92)97-44-98-80(75)106)125-128(118,122-41-70-78(126-127)73(91)86(124-70)107-47-102-76-81(107)99-45-100-84(76)113)130-43-52-29-31-54(32-30-52)103-82(111)53(15-13-33-95-87(93)114)36-68(109)74(49(3)4)105-89(116)120-39-65-61-22-11-7-18-57(61)58-19-8-12-23-62(58)65/h5-12,16-23,25-32,44-49,53,63-66,69-70,72-74,77-78,85-86H,13-15,24,33-43H2,1-4H3,(H,103,111)(H,104,112)(H,105,116)(H2,92,97,98)(H3,93,95,114)(H3,94,96,115)(H,99,100,113)/t53-,63+,66+,69-,70-,72-,73-,74+,77-,78-,85-,86-,127?,128?/m1/s1. The van der Waals surface area contributed by atoms with Crippen molar-refractivity contribution in [1.29, 1.82) is 0 Å². The maximum Gasteiger partial charge on any atom is 0.407 e. The number of nitrogen functional groups attached to an aromatic ring is 1. The molecule has 4 aromatic heterocycles. The number of nitrogens with two attached hydrogens (primary N) is 3. The Labute approximate surface area is 753 Å². The van der Waals surface area contributed by atoms with E-state index < -0.39 is 159 Å². The first-order chi connectivity index (χ1) is 62.6. The van der Waals surface area contributed by atoms with Crippen LogP contribution in [-0.2, 0) is 88.1 Å². The fourth-order valence-corrected chi connectivity index (χ4v) is 23.6. The number of primary amides is 2. The van der Waals surface area contributed by atoms with E-state index >= 15 is 17.9 Å². The predicted molar refractivity (Wildman–Crippen MR) is 477 cm³/mol. The lowest BCUT2D eigenvalue weighted by molar-refractivity contribution is -0.148. The smallest absolute Gasteiger partial charge is 0.407 e. The van der Waals surface area contributed by atoms with Crippen molar-refractivity contribution >= 4 is 118 Å². The average molecular weight is 1860 g/mol. The van der Waals surface area contributed by atoms with Crippen LogP contribution in [0.25, 0.3) is 44.6 Å². The van der Waals surface area contributed by atoms with Gasteiger partial charge in [0.05, 0.1) is 50.3 Å². The third kappa shape index (κ3) is 21.5. The van der Waals surface area contributed by atoms with E-state index in [1.165, 1.54) is 10.9 Å². The van der Waals surface area contributed by atoms with E-state index in [4.69, 9.17) is 54.2 Å². The van der Waals surface area contributed by atoms with Gasteiger partial charge in [0, 0.05) is 60.9 Å². The second-order valence-corrected chi connectivity index (χ2v) is 40.9. The molecule has 41 heteroatoms. The number of imidazole rings is 2. The first-order valence-electron chi connectivity index (χ1n) is 42.5. The molecule has 10 aromatic rings. The second kappa shape index (κ2) is 41.2. The molecule has 15 rings (SSSR count). The fourth-order valence-electron chi connectivity index (χ4n) is 16.8. The van der Waals surface area contributed by atoms with E-state index in [1.54, 1.807) is 76.2 Å². The number of hydrogen-bond acceptors (Lipinski definition) is 28. The van der Waals surface area contributed by atoms with Gasteiger partial charge in [0.25, 0.3) is 0 Å². The van der Waals surface area contributed by atoms with Crippen LogP contribution in [0.3, 0.4) is 0 Å². The van der Waals surface area contributed by atoms with Crippen molar-refractivity contribution in [1.82, 2.24) is 60.3 Å². The molecule has 684 valence electrons. The van der Waals surface area contributed by atoms with Gasteiger partial charge in [-0.3, -0.25) is 51.2 Å². The van der Waals surface area contributed by atoms with Crippen molar-refractivity contribution in [2.45, 2.75) is 157 Å². The van der Waals surface area contributed by atoms with E-state index in [2.05, 4.69) is 56.5 Å². The first-order valence-corrected chi connectivity index (χ1v) is 48.7. The zero-order chi connectivity index (χ0) is 91.7. The number of ether oxygens (including phenoxy) is 4. The van der Waals surface area contributed by atoms with Crippen molar-refractivity contribution in [3.8, 4) is 28.1 Å². The van der Waals surface area contributed by atoms with Crippen molar-refractivity contribution in [3.05, 3.63) is 210 Å². The molecule has 12 N–H and O–H groups in total. The number of ketones is 2. The summed E-state index contributed by atoms with van der Waals surface area (Å²) in [5, 5.41) is 24.2. The fraction of sp³-hybridized carbons (Fsp3) is 0.393. The minimum Gasteiger partial charge on any atom is -0.492 e. The van der Waals surface area contributed by atoms with Gasteiger partial charge in [-0.15, -0.1) is 0 Å². The van der Waals surface area contributed by atoms with Gasteiger partial charge in [-0.1, -0.05) is 161 Å². The topological polar surface area (TPSA) is 490 Å². The molecular weight excluding hydrogens is 1760 g/mol. The molecule has 2 unspecified atom stereocenters. The summed E-state index contributed by atoms with van der Waals surface area (Å²) >= 11 is 1.19. The van der Waals surface area contributed by atoms with Crippen LogP contribution in [0.4, 0.5) is 34.7 Å². The quantitative estimate of drug-likeness (QED) is 0.0101. The van der Waals surface area contributed by atoms with Crippen molar-refractivity contribution < 1.29 is 98.4 Å². The molecule has 0 spiro atoms. The number of halogens is 2. The number of nitrogens with zero attached hydrogens (tertiary/aromatic N) is 8. The summed E-state index contributed by atoms with van der Waals surface area (Å²) in [6.07, 6.45) is -11.7. The van der Waals surface area contributed by atoms with E-state index in [0.29, 0.717) is 39.5 Å². The zero-order valence-electron chi connectivity index (χ0n) is 71.1. The summed E-state index contributed by atoms with van der Waals surface area (Å²) in [7, 11) is 0. The molecule has 0 radical (unpaired) electrons. The molecule has 130 heavy (non-hydrogen) atoms. The first kappa shape index (κ1) is 93.1. The number of benzene rings is 6. The highest BCUT2D eigenvalue weighted by molar-refractivity contribution is 8.55. The Balaban J connectivity index is 0.639. The third-order valence-corrected chi connectivity index (χ3v) is 30.9. The number of hydrogen-bond donors (Lipinski definition) is 9. The Morgan fingerprint density at radius 3 is 1.53 bits per heavy atom. The molecule has 0 saturated carbocycles. The third-order valence-electron chi connectivity index (χ3n) is 23.6. The van der Waals surface area contributed by atoms with E-state index in [0.717, 1.165) is 68.1 Å². The lowest BCUT2D eigenvalue weighted by Crippen LogP contribution is -2.46. The summed E-state index contributed by atoms with van der Waals surface area (Å²) < 4.78 is 120. The van der Waals surface area contributed by atoms with Crippen molar-refractivity contribution in [3.63, 3.8) is 0 Å². The number of nitrogens with one attached hydrogen (secondary N) is 5. The number of carbonyl (C=O) groups excluding carboxylic acids is 8. The Hall–Kier alpha value is -11.6. The predicted octanol–water partition coefficient (Wildman–Crippen LogP) is 12.9. The molecule has 14 atom stereocenters. The average Bonchev–Trinajstić information content (AvgIpc) is 1.47. The molecule has 5 aliphatic rings. The molecule has 7 heterocycles. The molecule has 3 aliphatic heterocycles. The summed E-state index contributed by atoms with van der Waals surface area (Å²) in [5.41, 5.74) is 26.7. The number of fused-ring (bicyclic) bond motifs is 10. The van der Waals surface area contributed by atoms with Crippen LogP contribution < -0.4 is 43.8 Å². The highest BCUT2D eigenvalue weighted by Gasteiger charge is 2.56. The number of aromatic nitrogens is 8. The maximum absolute atomic E-state index is 18.0. The van der Waals surface area contributed by atoms with Crippen LogP contribution in [0.15, 0.2) is 171 Å². The minimum absolute atomic E-state index is 0.00362. The number of aromatic hydroxyl groups is 1. The molecule has 6 aromatic carbocycles. The van der Waals surface area contributed by atoms with Gasteiger partial charge in [0.2, 0.25) is 17.7 Å². The van der Waals surface area contributed by atoms with Crippen LogP contribution in [0.2, 0.25) is 0 Å². The molecule has 35 nitrogen and oxygen atoms in total. The number of amides is 7. The Morgan fingerprint density at radius 2 is 1.02 bits per heavy atom. The minimum atomic E-state index is -4.86. The number of urea groups is 2. The summed E-state index contributed by atoms with van der Waals surface area (Å²) in [5.74, 6) is -6.76. The second-order valence-electron chi connectivity index (χ2n) is 32.9. The lowest BCUT2D eigenvalue weighted by atomic mass is 9.89. The molecular formula is C89H98F2N16O19P2S2. The largest absolute Gasteiger partial charge is 0.492 e. The molecule has 0 bridgehead atoms. The SMILES string of the molecule is CC(C)[C@H](CC(=O)OCC1c2ccccc2-c2ccccc21)C(=O)N[C@@H](CCCNC(N)=O)C(=O)Cc1ccc(CSP2(=O)OC[C@H]3O[C@@H](n4cnc5c(N)ncnc54)[C@H](F)[C@@H]3OP(=O)(SCc3ccc(NC(=O)[C@H](CCCNC(N)=O)CC(=O)[C@@H](NC(=O)OCC4c5ccccc5-c5ccccc54)C(C)C)cc3)OC[C@H]3O[C@@H](n4cnc5c(O)ncnc54)[C@H](F)[C@@H]3O2)cc1. The van der Waals surface area contributed by atoms with E-state index in [-0.39, 0.29) is 134 Å². The highest BCUT2D eigenvalue weighted by atomic mass is 32.7. The van der Waals surface area contributed by atoms with Gasteiger partial charge in [0.15, 0.2) is 59.0 Å². The van der Waals surface area contributed by atoms with Gasteiger partial charge in [-0.05, 0) is 134 Å². The van der Waals surface area contributed by atoms with E-state index in [1.807, 2.05) is 97.1 Å². The summed E-state index contributed by atoms with van der Waals surface area (Å²) in [4.78, 5) is 133. The van der Waals surface area contributed by atoms with Gasteiger partial charge in [0.1, 0.15) is 55.8 Å². The molecule has 2 aliphatic carbocycles. The normalized spacial score (nSPS) is 22.1. The maximum atomic E-state index is 18.0. The van der Waals surface area contributed by atoms with Gasteiger partial charge >= 0.3 is 37.7 Å². The Bertz CT molecular complexity index is 5500. The van der Waals surface area contributed by atoms with Crippen LogP contribution in [-0.4, -0.2) is 180 Å². The number of Topliss-reactive ketones (excluding diaryl/α,β-unsaturated/α-hetero) is 2. The Kier molecular flexibility index (Phi) is 29.5. The molecule has 3 fully saturated rings. The highest BCUT2D eigenvalue weighted by Crippen LogP contribution is 2.68. The van der Waals surface area contributed by atoms with Gasteiger partial charge in [-0.25, -0.2) is 57.2 Å². The summed E-state index contributed by atoms with van der Waals surface area (Å²) in [6.45, 7) is -4.14. The number of alkyl carbamates (subject to hydrolysis) is 1. The van der Waals surface area contributed by atoms with Crippen molar-refractivity contribution in [2.75, 3.05) is 50.6 Å².